The lowest BCUT2D eigenvalue weighted by Gasteiger charge is -2.12. The summed E-state index contributed by atoms with van der Waals surface area (Å²) in [6, 6.07) is 9.30. The van der Waals surface area contributed by atoms with Crippen molar-refractivity contribution in [1.82, 2.24) is 9.97 Å². The number of nitrogens with two attached hydrogens (primary N) is 1. The minimum atomic E-state index is 0.444. The standard InChI is InChI=1S/C16H15Cl2N5S/c17-10-6-11(18)8-12(7-10)23-16-14(19)15(21-9-22-16)20-4-3-13-2-1-5-24-13/h1-2,5-9H,3-4,19H2,(H2,20,21,22,23). The van der Waals surface area contributed by atoms with Crippen molar-refractivity contribution in [3.63, 3.8) is 0 Å². The minimum Gasteiger partial charge on any atom is -0.393 e. The van der Waals surface area contributed by atoms with Crippen molar-refractivity contribution in [2.75, 3.05) is 22.9 Å². The Morgan fingerprint density at radius 2 is 1.83 bits per heavy atom. The van der Waals surface area contributed by atoms with Crippen LogP contribution in [0.3, 0.4) is 0 Å². The summed E-state index contributed by atoms with van der Waals surface area (Å²) in [5.74, 6) is 1.10. The molecule has 0 amide bonds. The van der Waals surface area contributed by atoms with Crippen LogP contribution in [0.15, 0.2) is 42.0 Å². The van der Waals surface area contributed by atoms with E-state index >= 15 is 0 Å². The zero-order valence-corrected chi connectivity index (χ0v) is 14.9. The van der Waals surface area contributed by atoms with Gasteiger partial charge in [0.25, 0.3) is 0 Å². The van der Waals surface area contributed by atoms with E-state index < -0.39 is 0 Å². The van der Waals surface area contributed by atoms with Crippen LogP contribution in [-0.4, -0.2) is 16.5 Å². The molecule has 3 aromatic rings. The zero-order chi connectivity index (χ0) is 16.9. The van der Waals surface area contributed by atoms with E-state index in [1.165, 1.54) is 11.2 Å². The molecule has 0 atom stereocenters. The molecule has 0 spiro atoms. The van der Waals surface area contributed by atoms with Crippen molar-refractivity contribution in [3.05, 3.63) is 57.0 Å². The van der Waals surface area contributed by atoms with Gasteiger partial charge in [0, 0.05) is 27.2 Å². The van der Waals surface area contributed by atoms with Crippen molar-refractivity contribution in [1.29, 1.82) is 0 Å². The van der Waals surface area contributed by atoms with E-state index in [1.807, 2.05) is 6.07 Å². The van der Waals surface area contributed by atoms with Gasteiger partial charge >= 0.3 is 0 Å². The van der Waals surface area contributed by atoms with E-state index in [2.05, 4.69) is 32.0 Å². The quantitative estimate of drug-likeness (QED) is 0.571. The molecule has 0 fully saturated rings. The molecule has 124 valence electrons. The third kappa shape index (κ3) is 4.29. The fourth-order valence-corrected chi connectivity index (χ4v) is 3.39. The van der Waals surface area contributed by atoms with Gasteiger partial charge in [0.05, 0.1) is 0 Å². The van der Waals surface area contributed by atoms with E-state index in [0.717, 1.165) is 13.0 Å². The lowest BCUT2D eigenvalue weighted by Crippen LogP contribution is -2.10. The van der Waals surface area contributed by atoms with Gasteiger partial charge in [-0.1, -0.05) is 29.3 Å². The summed E-state index contributed by atoms with van der Waals surface area (Å²) in [5, 5.41) is 9.48. The highest BCUT2D eigenvalue weighted by Crippen LogP contribution is 2.29. The molecule has 0 aliphatic heterocycles. The molecule has 0 aliphatic rings. The predicted octanol–water partition coefficient (Wildman–Crippen LogP) is 4.83. The van der Waals surface area contributed by atoms with Gasteiger partial charge in [-0.05, 0) is 36.1 Å². The third-order valence-electron chi connectivity index (χ3n) is 3.25. The number of nitrogen functional groups attached to an aromatic ring is 1. The molecule has 4 N–H and O–H groups in total. The SMILES string of the molecule is Nc1c(NCCc2cccs2)ncnc1Nc1cc(Cl)cc(Cl)c1. The van der Waals surface area contributed by atoms with Gasteiger partial charge in [-0.15, -0.1) is 11.3 Å². The van der Waals surface area contributed by atoms with Crippen molar-refractivity contribution in [2.45, 2.75) is 6.42 Å². The monoisotopic (exact) mass is 379 g/mol. The number of aromatic nitrogens is 2. The van der Waals surface area contributed by atoms with E-state index in [9.17, 15) is 0 Å². The Balaban J connectivity index is 1.70. The van der Waals surface area contributed by atoms with Crippen LogP contribution in [0, 0.1) is 0 Å². The molecule has 0 unspecified atom stereocenters. The molecule has 5 nitrogen and oxygen atoms in total. The first kappa shape index (κ1) is 16.8. The lowest BCUT2D eigenvalue weighted by molar-refractivity contribution is 1.02. The molecule has 0 saturated carbocycles. The maximum atomic E-state index is 6.15. The maximum absolute atomic E-state index is 6.15. The molecule has 3 rings (SSSR count). The number of hydrogen-bond acceptors (Lipinski definition) is 6. The zero-order valence-electron chi connectivity index (χ0n) is 12.6. The molecule has 0 radical (unpaired) electrons. The second-order valence-corrected chi connectivity index (χ2v) is 6.93. The first-order valence-electron chi connectivity index (χ1n) is 7.21. The highest BCUT2D eigenvalue weighted by Gasteiger charge is 2.09. The van der Waals surface area contributed by atoms with Crippen molar-refractivity contribution < 1.29 is 0 Å². The van der Waals surface area contributed by atoms with Crippen molar-refractivity contribution in [2.24, 2.45) is 0 Å². The second kappa shape index (κ2) is 7.70. The molecule has 0 aliphatic carbocycles. The summed E-state index contributed by atoms with van der Waals surface area (Å²) >= 11 is 13.7. The van der Waals surface area contributed by atoms with Crippen LogP contribution in [-0.2, 0) is 6.42 Å². The third-order valence-corrected chi connectivity index (χ3v) is 4.63. The van der Waals surface area contributed by atoms with Gasteiger partial charge in [0.1, 0.15) is 12.0 Å². The summed E-state index contributed by atoms with van der Waals surface area (Å²) in [5.41, 5.74) is 7.31. The Morgan fingerprint density at radius 3 is 2.54 bits per heavy atom. The van der Waals surface area contributed by atoms with Crippen LogP contribution >= 0.6 is 34.5 Å². The number of nitrogens with zero attached hydrogens (tertiary/aromatic N) is 2. The van der Waals surface area contributed by atoms with Gasteiger partial charge < -0.3 is 16.4 Å². The average molecular weight is 380 g/mol. The van der Waals surface area contributed by atoms with Crippen molar-refractivity contribution >= 4 is 57.5 Å². The molecule has 0 saturated heterocycles. The van der Waals surface area contributed by atoms with Crippen LogP contribution in [0.25, 0.3) is 0 Å². The van der Waals surface area contributed by atoms with E-state index in [-0.39, 0.29) is 0 Å². The molecule has 1 aromatic carbocycles. The topological polar surface area (TPSA) is 75.9 Å². The normalized spacial score (nSPS) is 10.6. The summed E-state index contributed by atoms with van der Waals surface area (Å²) in [6.45, 7) is 0.740. The number of anilines is 4. The van der Waals surface area contributed by atoms with Crippen LogP contribution in [0.2, 0.25) is 10.0 Å². The first-order valence-corrected chi connectivity index (χ1v) is 8.85. The van der Waals surface area contributed by atoms with Gasteiger partial charge in [-0.3, -0.25) is 0 Å². The van der Waals surface area contributed by atoms with Crippen molar-refractivity contribution in [3.8, 4) is 0 Å². The number of benzene rings is 1. The van der Waals surface area contributed by atoms with Gasteiger partial charge in [-0.25, -0.2) is 9.97 Å². The molecule has 2 heterocycles. The maximum Gasteiger partial charge on any atom is 0.159 e. The molecule has 8 heteroatoms. The van der Waals surface area contributed by atoms with Gasteiger partial charge in [0.2, 0.25) is 0 Å². The minimum absolute atomic E-state index is 0.444. The highest BCUT2D eigenvalue weighted by molar-refractivity contribution is 7.09. The Hall–Kier alpha value is -2.02. The number of halogens is 2. The summed E-state index contributed by atoms with van der Waals surface area (Å²) in [4.78, 5) is 9.69. The predicted molar refractivity (Wildman–Crippen MR) is 103 cm³/mol. The molecule has 24 heavy (non-hydrogen) atoms. The summed E-state index contributed by atoms with van der Waals surface area (Å²) < 4.78 is 0. The first-order chi connectivity index (χ1) is 11.6. The van der Waals surface area contributed by atoms with Crippen LogP contribution < -0.4 is 16.4 Å². The molecular weight excluding hydrogens is 365 g/mol. The smallest absolute Gasteiger partial charge is 0.159 e. The van der Waals surface area contributed by atoms with Crippen LogP contribution in [0.4, 0.5) is 23.0 Å². The Labute approximate surface area is 153 Å². The van der Waals surface area contributed by atoms with Crippen LogP contribution in [0.5, 0.6) is 0 Å². The Bertz CT molecular complexity index is 803. The van der Waals surface area contributed by atoms with E-state index in [4.69, 9.17) is 28.9 Å². The summed E-state index contributed by atoms with van der Waals surface area (Å²) in [6.07, 6.45) is 2.37. The average Bonchev–Trinajstić information content (AvgIpc) is 3.03. The van der Waals surface area contributed by atoms with E-state index in [1.54, 1.807) is 29.5 Å². The van der Waals surface area contributed by atoms with Gasteiger partial charge in [0.15, 0.2) is 11.6 Å². The lowest BCUT2D eigenvalue weighted by atomic mass is 10.3. The molecular formula is C16H15Cl2N5S. The summed E-state index contributed by atoms with van der Waals surface area (Å²) in [7, 11) is 0. The Kier molecular flexibility index (Phi) is 5.40. The number of thiophene rings is 1. The Morgan fingerprint density at radius 1 is 1.08 bits per heavy atom. The highest BCUT2D eigenvalue weighted by atomic mass is 35.5. The number of hydrogen-bond donors (Lipinski definition) is 3. The largest absolute Gasteiger partial charge is 0.393 e. The molecule has 2 aromatic heterocycles. The number of rotatable bonds is 6. The second-order valence-electron chi connectivity index (χ2n) is 5.02. The fourth-order valence-electron chi connectivity index (χ4n) is 2.16. The van der Waals surface area contributed by atoms with Crippen LogP contribution in [0.1, 0.15) is 4.88 Å². The van der Waals surface area contributed by atoms with Gasteiger partial charge in [-0.2, -0.15) is 0 Å². The van der Waals surface area contributed by atoms with E-state index in [0.29, 0.717) is 33.1 Å². The number of nitrogens with one attached hydrogen (secondary N) is 2. The fraction of sp³-hybridized carbons (Fsp3) is 0.125. The molecule has 0 bridgehead atoms.